The maximum atomic E-state index is 12.8. The van der Waals surface area contributed by atoms with Gasteiger partial charge in [0.2, 0.25) is 0 Å². The van der Waals surface area contributed by atoms with Gasteiger partial charge in [-0.25, -0.2) is 0 Å². The summed E-state index contributed by atoms with van der Waals surface area (Å²) in [5, 5.41) is 13.4. The lowest BCUT2D eigenvalue weighted by molar-refractivity contribution is -0.143. The molecule has 1 amide bonds. The predicted octanol–water partition coefficient (Wildman–Crippen LogP) is 1.87. The third-order valence-electron chi connectivity index (χ3n) is 4.20. The average Bonchev–Trinajstić information content (AvgIpc) is 3.08. The van der Waals surface area contributed by atoms with Crippen LogP contribution in [0.3, 0.4) is 0 Å². The van der Waals surface area contributed by atoms with Gasteiger partial charge in [0.25, 0.3) is 5.91 Å². The Bertz CT molecular complexity index is 697. The van der Waals surface area contributed by atoms with Crippen LogP contribution in [-0.4, -0.2) is 44.8 Å². The van der Waals surface area contributed by atoms with E-state index < -0.39 is 11.9 Å². The number of rotatable bonds is 4. The number of likely N-dealkylation sites (tertiary alicyclic amines) is 1. The number of hydrogen-bond donors (Lipinski definition) is 1. The molecular formula is C17H19N3O3. The van der Waals surface area contributed by atoms with Crippen molar-refractivity contribution in [1.82, 2.24) is 14.7 Å². The van der Waals surface area contributed by atoms with Crippen LogP contribution >= 0.6 is 0 Å². The zero-order chi connectivity index (χ0) is 16.2. The minimum absolute atomic E-state index is 0.0984. The Labute approximate surface area is 134 Å². The van der Waals surface area contributed by atoms with Crippen molar-refractivity contribution in [2.24, 2.45) is 5.92 Å². The molecule has 1 fully saturated rings. The summed E-state index contributed by atoms with van der Waals surface area (Å²) >= 11 is 0. The van der Waals surface area contributed by atoms with E-state index in [-0.39, 0.29) is 12.5 Å². The largest absolute Gasteiger partial charge is 0.481 e. The van der Waals surface area contributed by atoms with Crippen molar-refractivity contribution >= 4 is 11.9 Å². The van der Waals surface area contributed by atoms with E-state index in [1.54, 1.807) is 21.8 Å². The van der Waals surface area contributed by atoms with Crippen LogP contribution in [0.2, 0.25) is 0 Å². The molecule has 6 nitrogen and oxygen atoms in total. The summed E-state index contributed by atoms with van der Waals surface area (Å²) in [5.74, 6) is -1.39. The average molecular weight is 313 g/mol. The Morgan fingerprint density at radius 3 is 2.83 bits per heavy atom. The maximum Gasteiger partial charge on any atom is 0.308 e. The second kappa shape index (κ2) is 6.64. The summed E-state index contributed by atoms with van der Waals surface area (Å²) < 4.78 is 1.77. The van der Waals surface area contributed by atoms with E-state index >= 15 is 0 Å². The molecule has 0 spiro atoms. The lowest BCUT2D eigenvalue weighted by atomic mass is 9.97. The first-order valence-corrected chi connectivity index (χ1v) is 7.72. The zero-order valence-electron chi connectivity index (χ0n) is 12.8. The van der Waals surface area contributed by atoms with Crippen LogP contribution in [0.1, 0.15) is 28.8 Å². The molecule has 0 radical (unpaired) electrons. The molecule has 0 unspecified atom stereocenters. The topological polar surface area (TPSA) is 75.4 Å². The Hall–Kier alpha value is -2.63. The lowest BCUT2D eigenvalue weighted by Crippen LogP contribution is -2.42. The standard InChI is InChI=1S/C17H19N3O3/c21-16(19-9-3-6-14(11-19)17(22)23)15-7-2-1-5-13(15)12-20-10-4-8-18-20/h1-2,4-5,7-8,10,14H,3,6,9,11-12H2,(H,22,23)/t14-/m0/s1. The summed E-state index contributed by atoms with van der Waals surface area (Å²) in [4.78, 5) is 25.7. The number of aromatic nitrogens is 2. The van der Waals surface area contributed by atoms with E-state index in [9.17, 15) is 14.7 Å². The molecule has 1 aromatic carbocycles. The van der Waals surface area contributed by atoms with Gasteiger partial charge < -0.3 is 10.0 Å². The fraction of sp³-hybridized carbons (Fsp3) is 0.353. The van der Waals surface area contributed by atoms with Crippen molar-refractivity contribution in [3.63, 3.8) is 0 Å². The van der Waals surface area contributed by atoms with Crippen LogP contribution in [0.5, 0.6) is 0 Å². The second-order valence-corrected chi connectivity index (χ2v) is 5.79. The molecule has 1 saturated heterocycles. The Morgan fingerprint density at radius 1 is 1.26 bits per heavy atom. The SMILES string of the molecule is O=C(O)[C@H]1CCCN(C(=O)c2ccccc2Cn2cccn2)C1. The molecular weight excluding hydrogens is 294 g/mol. The van der Waals surface area contributed by atoms with Gasteiger partial charge in [0, 0.05) is 31.0 Å². The first-order chi connectivity index (χ1) is 11.1. The Morgan fingerprint density at radius 2 is 2.09 bits per heavy atom. The molecule has 1 aromatic heterocycles. The molecule has 1 aliphatic rings. The van der Waals surface area contributed by atoms with Gasteiger partial charge in [0.1, 0.15) is 0 Å². The molecule has 1 atom stereocenters. The zero-order valence-corrected chi connectivity index (χ0v) is 12.8. The molecule has 120 valence electrons. The summed E-state index contributed by atoms with van der Waals surface area (Å²) in [6, 6.07) is 9.27. The van der Waals surface area contributed by atoms with E-state index in [4.69, 9.17) is 0 Å². The van der Waals surface area contributed by atoms with Crippen molar-refractivity contribution in [1.29, 1.82) is 0 Å². The van der Waals surface area contributed by atoms with Crippen LogP contribution in [0, 0.1) is 5.92 Å². The fourth-order valence-electron chi connectivity index (χ4n) is 2.97. The summed E-state index contributed by atoms with van der Waals surface area (Å²) in [7, 11) is 0. The van der Waals surface area contributed by atoms with Gasteiger partial charge in [-0.2, -0.15) is 5.10 Å². The Balaban J connectivity index is 1.80. The van der Waals surface area contributed by atoms with Crippen molar-refractivity contribution < 1.29 is 14.7 Å². The van der Waals surface area contributed by atoms with Crippen molar-refractivity contribution in [2.45, 2.75) is 19.4 Å². The van der Waals surface area contributed by atoms with Crippen LogP contribution < -0.4 is 0 Å². The fourth-order valence-corrected chi connectivity index (χ4v) is 2.97. The predicted molar refractivity (Wildman–Crippen MR) is 84.0 cm³/mol. The molecule has 6 heteroatoms. The first-order valence-electron chi connectivity index (χ1n) is 7.72. The van der Waals surface area contributed by atoms with E-state index in [1.165, 1.54) is 0 Å². The Kier molecular flexibility index (Phi) is 4.41. The minimum atomic E-state index is -0.827. The molecule has 2 heterocycles. The summed E-state index contributed by atoms with van der Waals surface area (Å²) in [6.07, 6.45) is 4.91. The molecule has 0 aliphatic carbocycles. The van der Waals surface area contributed by atoms with Gasteiger partial charge in [-0.15, -0.1) is 0 Å². The number of nitrogens with zero attached hydrogens (tertiary/aromatic N) is 3. The highest BCUT2D eigenvalue weighted by atomic mass is 16.4. The number of hydrogen-bond acceptors (Lipinski definition) is 3. The lowest BCUT2D eigenvalue weighted by Gasteiger charge is -2.31. The minimum Gasteiger partial charge on any atom is -0.481 e. The molecule has 1 N–H and O–H groups in total. The maximum absolute atomic E-state index is 12.8. The number of benzene rings is 1. The van der Waals surface area contributed by atoms with Gasteiger partial charge in [-0.1, -0.05) is 18.2 Å². The van der Waals surface area contributed by atoms with Crippen molar-refractivity contribution in [2.75, 3.05) is 13.1 Å². The third kappa shape index (κ3) is 3.41. The van der Waals surface area contributed by atoms with E-state index in [0.29, 0.717) is 25.1 Å². The smallest absolute Gasteiger partial charge is 0.308 e. The summed E-state index contributed by atoms with van der Waals surface area (Å²) in [5.41, 5.74) is 1.51. The van der Waals surface area contributed by atoms with Gasteiger partial charge in [0.05, 0.1) is 12.5 Å². The number of piperidine rings is 1. The van der Waals surface area contributed by atoms with E-state index in [0.717, 1.165) is 12.0 Å². The van der Waals surface area contributed by atoms with Crippen molar-refractivity contribution in [3.05, 3.63) is 53.9 Å². The molecule has 1 aliphatic heterocycles. The quantitative estimate of drug-likeness (QED) is 0.935. The number of carbonyl (C=O) groups is 2. The van der Waals surface area contributed by atoms with Crippen molar-refractivity contribution in [3.8, 4) is 0 Å². The monoisotopic (exact) mass is 313 g/mol. The number of carboxylic acid groups (broad SMARTS) is 1. The van der Waals surface area contributed by atoms with Crippen LogP contribution in [0.15, 0.2) is 42.7 Å². The first kappa shape index (κ1) is 15.3. The second-order valence-electron chi connectivity index (χ2n) is 5.79. The van der Waals surface area contributed by atoms with E-state index in [2.05, 4.69) is 5.10 Å². The molecule has 2 aromatic rings. The molecule has 3 rings (SSSR count). The number of carboxylic acids is 1. The van der Waals surface area contributed by atoms with E-state index in [1.807, 2.05) is 30.5 Å². The number of carbonyl (C=O) groups excluding carboxylic acids is 1. The molecule has 0 saturated carbocycles. The molecule has 0 bridgehead atoms. The highest BCUT2D eigenvalue weighted by molar-refractivity contribution is 5.96. The number of aliphatic carboxylic acids is 1. The van der Waals surface area contributed by atoms with Gasteiger partial charge in [0.15, 0.2) is 0 Å². The van der Waals surface area contributed by atoms with Crippen LogP contribution in [0.25, 0.3) is 0 Å². The van der Waals surface area contributed by atoms with Crippen LogP contribution in [-0.2, 0) is 11.3 Å². The van der Waals surface area contributed by atoms with Gasteiger partial charge in [-0.3, -0.25) is 14.3 Å². The normalized spacial score (nSPS) is 17.9. The van der Waals surface area contributed by atoms with Crippen LogP contribution in [0.4, 0.5) is 0 Å². The highest BCUT2D eigenvalue weighted by Crippen LogP contribution is 2.20. The summed E-state index contributed by atoms with van der Waals surface area (Å²) in [6.45, 7) is 1.41. The van der Waals surface area contributed by atoms with Gasteiger partial charge in [-0.05, 0) is 30.5 Å². The molecule has 23 heavy (non-hydrogen) atoms. The number of amides is 1. The highest BCUT2D eigenvalue weighted by Gasteiger charge is 2.29. The third-order valence-corrected chi connectivity index (χ3v) is 4.20. The van der Waals surface area contributed by atoms with Gasteiger partial charge >= 0.3 is 5.97 Å².